The van der Waals surface area contributed by atoms with Crippen LogP contribution in [0, 0.1) is 10.1 Å². The molecule has 1 aromatic heterocycles. The molecule has 2 aromatic carbocycles. The Morgan fingerprint density at radius 3 is 2.66 bits per heavy atom. The maximum Gasteiger partial charge on any atom is 0.290 e. The lowest BCUT2D eigenvalue weighted by Gasteiger charge is -2.25. The number of methoxy groups -OCH3 is 1. The number of hydrogen-bond acceptors (Lipinski definition) is 7. The highest BCUT2D eigenvalue weighted by atomic mass is 16.6. The van der Waals surface area contributed by atoms with E-state index in [1.807, 2.05) is 19.0 Å². The molecule has 0 spiro atoms. The number of nitro benzene ring substituents is 1. The summed E-state index contributed by atoms with van der Waals surface area (Å²) in [6.45, 7) is 1.11. The van der Waals surface area contributed by atoms with Crippen LogP contribution in [0.5, 0.6) is 5.75 Å². The fourth-order valence-electron chi connectivity index (χ4n) is 4.07. The third-order valence-electron chi connectivity index (χ3n) is 5.58. The molecule has 2 heterocycles. The Kier molecular flexibility index (Phi) is 5.67. The lowest BCUT2D eigenvalue weighted by molar-refractivity contribution is -0.384. The maximum absolute atomic E-state index is 13.5. The second kappa shape index (κ2) is 8.43. The number of hydrogen-bond donors (Lipinski definition) is 0. The molecule has 0 N–H and O–H groups in total. The molecule has 1 aliphatic heterocycles. The van der Waals surface area contributed by atoms with E-state index in [0.717, 1.165) is 6.54 Å². The molecular formula is C23H23N3O6. The number of carbonyl (C=O) groups is 1. The average Bonchev–Trinajstić information content (AvgIpc) is 3.05. The largest absolute Gasteiger partial charge is 0.497 e. The minimum Gasteiger partial charge on any atom is -0.497 e. The highest BCUT2D eigenvalue weighted by Crippen LogP contribution is 2.39. The van der Waals surface area contributed by atoms with E-state index in [9.17, 15) is 19.7 Å². The molecule has 4 rings (SSSR count). The van der Waals surface area contributed by atoms with E-state index in [4.69, 9.17) is 9.15 Å². The quantitative estimate of drug-likeness (QED) is 0.413. The molecular weight excluding hydrogens is 414 g/mol. The minimum atomic E-state index is -0.762. The standard InChI is InChI=1S/C23H23N3O6/c1-24(2)10-5-11-25-20(14-6-4-7-15(12-14)26(29)30)19-21(27)17-9-8-16(31-3)13-18(17)32-22(19)23(25)28/h4,6-9,12-13,20H,5,10-11H2,1-3H3. The Bertz CT molecular complexity index is 1270. The minimum absolute atomic E-state index is 0.0305. The summed E-state index contributed by atoms with van der Waals surface area (Å²) < 4.78 is 11.1. The SMILES string of the molecule is COc1ccc2c(=O)c3c(oc2c1)C(=O)N(CCCN(C)C)C3c1cccc([N+](=O)[O-])c1. The number of carbonyl (C=O) groups excluding carboxylic acids is 1. The fourth-order valence-corrected chi connectivity index (χ4v) is 4.07. The summed E-state index contributed by atoms with van der Waals surface area (Å²) in [5.41, 5.74) is 0.527. The van der Waals surface area contributed by atoms with Gasteiger partial charge in [-0.15, -0.1) is 0 Å². The van der Waals surface area contributed by atoms with Crippen molar-refractivity contribution >= 4 is 22.6 Å². The van der Waals surface area contributed by atoms with Gasteiger partial charge in [-0.3, -0.25) is 19.7 Å². The van der Waals surface area contributed by atoms with Gasteiger partial charge in [0.25, 0.3) is 11.6 Å². The smallest absolute Gasteiger partial charge is 0.290 e. The van der Waals surface area contributed by atoms with Crippen molar-refractivity contribution in [1.29, 1.82) is 0 Å². The molecule has 0 radical (unpaired) electrons. The van der Waals surface area contributed by atoms with Crippen molar-refractivity contribution in [2.24, 2.45) is 0 Å². The number of benzene rings is 2. The van der Waals surface area contributed by atoms with Crippen LogP contribution in [0.25, 0.3) is 11.0 Å². The molecule has 0 aliphatic carbocycles. The topological polar surface area (TPSA) is 106 Å². The summed E-state index contributed by atoms with van der Waals surface area (Å²) in [5, 5.41) is 11.7. The zero-order valence-corrected chi connectivity index (χ0v) is 18.0. The van der Waals surface area contributed by atoms with Gasteiger partial charge in [0.2, 0.25) is 5.76 Å². The molecule has 1 atom stereocenters. The van der Waals surface area contributed by atoms with Gasteiger partial charge < -0.3 is 19.0 Å². The highest BCUT2D eigenvalue weighted by Gasteiger charge is 2.42. The van der Waals surface area contributed by atoms with Crippen LogP contribution < -0.4 is 10.2 Å². The molecule has 32 heavy (non-hydrogen) atoms. The van der Waals surface area contributed by atoms with Crippen molar-refractivity contribution < 1.29 is 18.9 Å². The molecule has 9 heteroatoms. The van der Waals surface area contributed by atoms with Gasteiger partial charge in [0, 0.05) is 24.7 Å². The van der Waals surface area contributed by atoms with Crippen LogP contribution in [-0.4, -0.2) is 54.9 Å². The number of nitro groups is 1. The van der Waals surface area contributed by atoms with Crippen LogP contribution >= 0.6 is 0 Å². The number of non-ortho nitro benzene ring substituents is 1. The van der Waals surface area contributed by atoms with Crippen LogP contribution in [0.15, 0.2) is 51.7 Å². The average molecular weight is 437 g/mol. The first kappa shape index (κ1) is 21.5. The molecule has 0 saturated heterocycles. The summed E-state index contributed by atoms with van der Waals surface area (Å²) in [6, 6.07) is 10.1. The number of nitrogens with zero attached hydrogens (tertiary/aromatic N) is 3. The maximum atomic E-state index is 13.5. The Balaban J connectivity index is 1.90. The van der Waals surface area contributed by atoms with Crippen molar-refractivity contribution in [3.05, 3.63) is 79.7 Å². The Morgan fingerprint density at radius 1 is 1.19 bits per heavy atom. The first-order chi connectivity index (χ1) is 15.3. The van der Waals surface area contributed by atoms with Crippen molar-refractivity contribution in [2.75, 3.05) is 34.3 Å². The van der Waals surface area contributed by atoms with E-state index in [2.05, 4.69) is 0 Å². The van der Waals surface area contributed by atoms with Crippen LogP contribution in [-0.2, 0) is 0 Å². The van der Waals surface area contributed by atoms with Gasteiger partial charge in [0.15, 0.2) is 5.43 Å². The van der Waals surface area contributed by atoms with E-state index in [1.54, 1.807) is 35.2 Å². The summed E-state index contributed by atoms with van der Waals surface area (Å²) in [4.78, 5) is 41.2. The first-order valence-corrected chi connectivity index (χ1v) is 10.2. The van der Waals surface area contributed by atoms with Crippen LogP contribution in [0.3, 0.4) is 0 Å². The predicted octanol–water partition coefficient (Wildman–Crippen LogP) is 3.21. The van der Waals surface area contributed by atoms with Gasteiger partial charge >= 0.3 is 0 Å². The molecule has 166 valence electrons. The van der Waals surface area contributed by atoms with Gasteiger partial charge in [0.05, 0.1) is 29.0 Å². The van der Waals surface area contributed by atoms with Crippen LogP contribution in [0.4, 0.5) is 5.69 Å². The second-order valence-electron chi connectivity index (χ2n) is 7.95. The van der Waals surface area contributed by atoms with Gasteiger partial charge in [-0.2, -0.15) is 0 Å². The van der Waals surface area contributed by atoms with Crippen LogP contribution in [0.1, 0.15) is 34.1 Å². The number of amides is 1. The third kappa shape index (κ3) is 3.71. The summed E-state index contributed by atoms with van der Waals surface area (Å²) in [6.07, 6.45) is 0.666. The number of ether oxygens (including phenoxy) is 1. The molecule has 1 unspecified atom stereocenters. The van der Waals surface area contributed by atoms with Gasteiger partial charge in [-0.25, -0.2) is 0 Å². The summed E-state index contributed by atoms with van der Waals surface area (Å²) in [5.74, 6) is 0.0679. The normalized spacial score (nSPS) is 15.4. The fraction of sp³-hybridized carbons (Fsp3) is 0.304. The number of rotatable bonds is 7. The Hall–Kier alpha value is -3.72. The Labute approximate surface area is 183 Å². The molecule has 1 aliphatic rings. The van der Waals surface area contributed by atoms with Crippen molar-refractivity contribution in [2.45, 2.75) is 12.5 Å². The molecule has 0 bridgehead atoms. The van der Waals surface area contributed by atoms with Gasteiger partial charge in [-0.05, 0) is 44.8 Å². The molecule has 0 saturated carbocycles. The predicted molar refractivity (Wildman–Crippen MR) is 118 cm³/mol. The molecule has 1 amide bonds. The molecule has 9 nitrogen and oxygen atoms in total. The van der Waals surface area contributed by atoms with E-state index < -0.39 is 16.9 Å². The second-order valence-corrected chi connectivity index (χ2v) is 7.95. The van der Waals surface area contributed by atoms with E-state index in [-0.39, 0.29) is 28.0 Å². The van der Waals surface area contributed by atoms with E-state index in [0.29, 0.717) is 29.7 Å². The van der Waals surface area contributed by atoms with Crippen molar-refractivity contribution in [3.63, 3.8) is 0 Å². The van der Waals surface area contributed by atoms with Gasteiger partial charge in [0.1, 0.15) is 11.3 Å². The first-order valence-electron chi connectivity index (χ1n) is 10.2. The summed E-state index contributed by atoms with van der Waals surface area (Å²) >= 11 is 0. The number of fused-ring (bicyclic) bond motifs is 2. The Morgan fingerprint density at radius 2 is 1.97 bits per heavy atom. The highest BCUT2D eigenvalue weighted by molar-refractivity contribution is 5.99. The zero-order valence-electron chi connectivity index (χ0n) is 18.0. The van der Waals surface area contributed by atoms with Crippen molar-refractivity contribution in [3.8, 4) is 5.75 Å². The monoisotopic (exact) mass is 437 g/mol. The zero-order chi connectivity index (χ0) is 23.0. The lowest BCUT2D eigenvalue weighted by Crippen LogP contribution is -2.32. The summed E-state index contributed by atoms with van der Waals surface area (Å²) in [7, 11) is 5.37. The van der Waals surface area contributed by atoms with E-state index in [1.165, 1.54) is 19.2 Å². The van der Waals surface area contributed by atoms with Gasteiger partial charge in [-0.1, -0.05) is 12.1 Å². The molecule has 0 fully saturated rings. The lowest BCUT2D eigenvalue weighted by atomic mass is 9.98. The van der Waals surface area contributed by atoms with Crippen LogP contribution in [0.2, 0.25) is 0 Å². The van der Waals surface area contributed by atoms with E-state index >= 15 is 0 Å². The third-order valence-corrected chi connectivity index (χ3v) is 5.58. The van der Waals surface area contributed by atoms with Crippen molar-refractivity contribution in [1.82, 2.24) is 9.80 Å². The molecule has 3 aromatic rings.